The average Bonchev–Trinajstić information content (AvgIpc) is 2.23. The molecule has 1 aromatic carbocycles. The Bertz CT molecular complexity index is 402. The molecule has 2 nitrogen and oxygen atoms in total. The molecule has 0 aliphatic heterocycles. The fourth-order valence-corrected chi connectivity index (χ4v) is 1.60. The Morgan fingerprint density at radius 2 is 1.94 bits per heavy atom. The predicted molar refractivity (Wildman–Crippen MR) is 66.8 cm³/mol. The van der Waals surface area contributed by atoms with Crippen molar-refractivity contribution in [2.24, 2.45) is 0 Å². The molecule has 1 N–H and O–H groups in total. The van der Waals surface area contributed by atoms with E-state index in [1.807, 2.05) is 0 Å². The monoisotopic (exact) mass is 260 g/mol. The molecule has 4 heteroatoms. The second-order valence-corrected chi connectivity index (χ2v) is 5.32. The number of methoxy groups -OCH3 is 1. The topological polar surface area (TPSA) is 29.5 Å². The van der Waals surface area contributed by atoms with Crippen molar-refractivity contribution in [2.45, 2.75) is 38.4 Å². The summed E-state index contributed by atoms with van der Waals surface area (Å²) in [7, 11) is 1.54. The number of ether oxygens (including phenoxy) is 1. The number of aliphatic hydroxyl groups is 1. The van der Waals surface area contributed by atoms with Crippen molar-refractivity contribution in [3.05, 3.63) is 34.6 Å². The number of hydrogen-bond acceptors (Lipinski definition) is 2. The molecule has 1 atom stereocenters. The Kier molecular flexibility index (Phi) is 4.18. The van der Waals surface area contributed by atoms with Gasteiger partial charge in [-0.25, -0.2) is 4.39 Å². The zero-order valence-corrected chi connectivity index (χ0v) is 11.3. The lowest BCUT2D eigenvalue weighted by molar-refractivity contribution is -0.139. The molecule has 0 aliphatic rings. The van der Waals surface area contributed by atoms with E-state index in [1.165, 1.54) is 19.2 Å². The van der Waals surface area contributed by atoms with E-state index in [0.29, 0.717) is 12.0 Å². The van der Waals surface area contributed by atoms with Crippen molar-refractivity contribution in [3.8, 4) is 0 Å². The van der Waals surface area contributed by atoms with E-state index in [-0.39, 0.29) is 5.02 Å². The van der Waals surface area contributed by atoms with E-state index in [0.717, 1.165) is 0 Å². The first-order valence-electron chi connectivity index (χ1n) is 5.41. The maximum absolute atomic E-state index is 13.3. The second-order valence-electron chi connectivity index (χ2n) is 4.91. The summed E-state index contributed by atoms with van der Waals surface area (Å²) in [4.78, 5) is 0. The van der Waals surface area contributed by atoms with Crippen molar-refractivity contribution in [1.29, 1.82) is 0 Å². The molecule has 0 radical (unpaired) electrons. The van der Waals surface area contributed by atoms with Gasteiger partial charge in [0.25, 0.3) is 0 Å². The smallest absolute Gasteiger partial charge is 0.142 e. The minimum atomic E-state index is -1.10. The van der Waals surface area contributed by atoms with E-state index in [9.17, 15) is 9.50 Å². The molecule has 0 aliphatic carbocycles. The highest BCUT2D eigenvalue weighted by molar-refractivity contribution is 6.30. The molecule has 0 bridgehead atoms. The maximum atomic E-state index is 13.3. The lowest BCUT2D eigenvalue weighted by Gasteiger charge is -2.39. The van der Waals surface area contributed by atoms with Gasteiger partial charge < -0.3 is 9.84 Å². The fraction of sp³-hybridized carbons (Fsp3) is 0.538. The molecule has 1 rings (SSSR count). The lowest BCUT2D eigenvalue weighted by atomic mass is 9.82. The van der Waals surface area contributed by atoms with Crippen molar-refractivity contribution in [3.63, 3.8) is 0 Å². The van der Waals surface area contributed by atoms with Gasteiger partial charge in [0.05, 0.1) is 16.2 Å². The first kappa shape index (κ1) is 14.4. The number of benzene rings is 1. The summed E-state index contributed by atoms with van der Waals surface area (Å²) in [5.41, 5.74) is -1.13. The molecule has 96 valence electrons. The molecular weight excluding hydrogens is 243 g/mol. The van der Waals surface area contributed by atoms with Gasteiger partial charge >= 0.3 is 0 Å². The summed E-state index contributed by atoms with van der Waals surface area (Å²) in [5, 5.41) is 10.5. The van der Waals surface area contributed by atoms with Crippen LogP contribution in [0.2, 0.25) is 5.02 Å². The molecule has 17 heavy (non-hydrogen) atoms. The van der Waals surface area contributed by atoms with Gasteiger partial charge in [0.15, 0.2) is 0 Å². The third-order valence-corrected chi connectivity index (χ3v) is 3.65. The summed E-state index contributed by atoms with van der Waals surface area (Å²) < 4.78 is 18.5. The van der Waals surface area contributed by atoms with E-state index >= 15 is 0 Å². The van der Waals surface area contributed by atoms with Crippen LogP contribution in [0.25, 0.3) is 0 Å². The lowest BCUT2D eigenvalue weighted by Crippen LogP contribution is -2.50. The molecule has 0 amide bonds. The number of halogens is 2. The Morgan fingerprint density at radius 3 is 2.41 bits per heavy atom. The summed E-state index contributed by atoms with van der Waals surface area (Å²) in [6.45, 7) is 5.25. The highest BCUT2D eigenvalue weighted by atomic mass is 35.5. The van der Waals surface area contributed by atoms with Crippen molar-refractivity contribution in [2.75, 3.05) is 7.11 Å². The summed E-state index contributed by atoms with van der Waals surface area (Å²) >= 11 is 5.61. The van der Waals surface area contributed by atoms with Gasteiger partial charge in [0.1, 0.15) is 5.82 Å². The van der Waals surface area contributed by atoms with Crippen LogP contribution < -0.4 is 0 Å². The SMILES string of the molecule is COC(C)(C)C(C)(O)Cc1ccc(Cl)c(F)c1. The Morgan fingerprint density at radius 1 is 1.35 bits per heavy atom. The van der Waals surface area contributed by atoms with Gasteiger partial charge in [-0.1, -0.05) is 17.7 Å². The van der Waals surface area contributed by atoms with Crippen LogP contribution in [0.4, 0.5) is 4.39 Å². The minimum Gasteiger partial charge on any atom is -0.387 e. The first-order chi connectivity index (χ1) is 7.69. The van der Waals surface area contributed by atoms with Crippen molar-refractivity contribution in [1.82, 2.24) is 0 Å². The van der Waals surface area contributed by atoms with E-state index in [2.05, 4.69) is 0 Å². The Hall–Kier alpha value is -0.640. The molecule has 0 spiro atoms. The third-order valence-electron chi connectivity index (χ3n) is 3.34. The number of hydrogen-bond donors (Lipinski definition) is 1. The van der Waals surface area contributed by atoms with Crippen molar-refractivity contribution >= 4 is 11.6 Å². The van der Waals surface area contributed by atoms with Crippen LogP contribution in [0.5, 0.6) is 0 Å². The normalized spacial score (nSPS) is 15.7. The largest absolute Gasteiger partial charge is 0.387 e. The Labute approximate surface area is 106 Å². The highest BCUT2D eigenvalue weighted by Crippen LogP contribution is 2.29. The van der Waals surface area contributed by atoms with Crippen LogP contribution in [-0.2, 0) is 11.2 Å². The molecule has 0 saturated heterocycles. The van der Waals surface area contributed by atoms with Gasteiger partial charge in [-0.3, -0.25) is 0 Å². The van der Waals surface area contributed by atoms with Crippen molar-refractivity contribution < 1.29 is 14.2 Å². The molecule has 0 fully saturated rings. The van der Waals surface area contributed by atoms with Crippen LogP contribution in [0.15, 0.2) is 18.2 Å². The van der Waals surface area contributed by atoms with Gasteiger partial charge in [-0.15, -0.1) is 0 Å². The van der Waals surface area contributed by atoms with Crippen LogP contribution in [-0.4, -0.2) is 23.4 Å². The highest BCUT2D eigenvalue weighted by Gasteiger charge is 2.39. The van der Waals surface area contributed by atoms with Gasteiger partial charge in [0, 0.05) is 13.5 Å². The predicted octanol–water partition coefficient (Wildman–Crippen LogP) is 3.20. The van der Waals surface area contributed by atoms with E-state index < -0.39 is 17.0 Å². The average molecular weight is 261 g/mol. The zero-order valence-electron chi connectivity index (χ0n) is 10.6. The van der Waals surface area contributed by atoms with Crippen LogP contribution in [0, 0.1) is 5.82 Å². The van der Waals surface area contributed by atoms with Crippen LogP contribution >= 0.6 is 11.6 Å². The molecule has 1 aromatic rings. The second kappa shape index (κ2) is 4.92. The number of rotatable bonds is 4. The van der Waals surface area contributed by atoms with E-state index in [1.54, 1.807) is 26.8 Å². The van der Waals surface area contributed by atoms with Gasteiger partial charge in [-0.05, 0) is 38.5 Å². The quantitative estimate of drug-likeness (QED) is 0.901. The van der Waals surface area contributed by atoms with Crippen LogP contribution in [0.3, 0.4) is 0 Å². The van der Waals surface area contributed by atoms with Crippen LogP contribution in [0.1, 0.15) is 26.3 Å². The standard InChI is InChI=1S/C13H18ClFO2/c1-12(2,17-4)13(3,16)8-9-5-6-10(14)11(15)7-9/h5-7,16H,8H2,1-4H3. The summed E-state index contributed by atoms with van der Waals surface area (Å²) in [5.74, 6) is -0.477. The zero-order chi connectivity index (χ0) is 13.3. The molecule has 0 saturated carbocycles. The Balaban J connectivity index is 2.94. The maximum Gasteiger partial charge on any atom is 0.142 e. The third kappa shape index (κ3) is 3.18. The van der Waals surface area contributed by atoms with Gasteiger partial charge in [0.2, 0.25) is 0 Å². The molecule has 1 unspecified atom stereocenters. The molecule has 0 heterocycles. The fourth-order valence-electron chi connectivity index (χ4n) is 1.48. The van der Waals surface area contributed by atoms with Gasteiger partial charge in [-0.2, -0.15) is 0 Å². The summed E-state index contributed by atoms with van der Waals surface area (Å²) in [6.07, 6.45) is 0.294. The summed E-state index contributed by atoms with van der Waals surface area (Å²) in [6, 6.07) is 4.52. The first-order valence-corrected chi connectivity index (χ1v) is 5.79. The minimum absolute atomic E-state index is 0.0828. The molecule has 0 aromatic heterocycles. The van der Waals surface area contributed by atoms with E-state index in [4.69, 9.17) is 16.3 Å². The molecular formula is C13H18ClFO2.